The van der Waals surface area contributed by atoms with Gasteiger partial charge < -0.3 is 19.9 Å². The Labute approximate surface area is 248 Å². The lowest BCUT2D eigenvalue weighted by atomic mass is 9.97. The van der Waals surface area contributed by atoms with E-state index in [4.69, 9.17) is 27.9 Å². The van der Waals surface area contributed by atoms with Crippen LogP contribution in [0, 0.1) is 0 Å². The van der Waals surface area contributed by atoms with Crippen LogP contribution in [0.25, 0.3) is 10.8 Å². The average Bonchev–Trinajstić information content (AvgIpc) is 3.25. The number of aromatic carboxylic acids is 1. The van der Waals surface area contributed by atoms with Crippen molar-refractivity contribution in [1.29, 1.82) is 0 Å². The molecule has 0 fully saturated rings. The van der Waals surface area contributed by atoms with Crippen molar-refractivity contribution in [3.8, 4) is 0 Å². The molecule has 1 heterocycles. The molecule has 0 unspecified atom stereocenters. The Morgan fingerprint density at radius 1 is 0.857 bits per heavy atom. The van der Waals surface area contributed by atoms with E-state index in [1.165, 1.54) is 0 Å². The predicted molar refractivity (Wildman–Crippen MR) is 153 cm³/mol. The van der Waals surface area contributed by atoms with Gasteiger partial charge in [-0.1, -0.05) is 59.6 Å². The molecule has 4 aromatic carbocycles. The lowest BCUT2D eigenvalue weighted by Gasteiger charge is -2.26. The highest BCUT2D eigenvalue weighted by Crippen LogP contribution is 2.27. The van der Waals surface area contributed by atoms with E-state index in [1.54, 1.807) is 43.3 Å². The number of nitrogens with one attached hydrogen (secondary N) is 1. The maximum absolute atomic E-state index is 13.3. The number of esters is 3. The molecule has 2 atom stereocenters. The second-order valence-corrected chi connectivity index (χ2v) is 10.5. The molecule has 11 heteroatoms. The minimum atomic E-state index is -1.49. The molecule has 2 N–H and O–H groups in total. The summed E-state index contributed by atoms with van der Waals surface area (Å²) in [4.78, 5) is 62.5. The number of carboxylic acids is 1. The van der Waals surface area contributed by atoms with Crippen LogP contribution >= 0.6 is 23.2 Å². The smallest absolute Gasteiger partial charge is 0.346 e. The monoisotopic (exact) mass is 605 g/mol. The highest BCUT2D eigenvalue weighted by molar-refractivity contribution is 6.42. The molecule has 0 aromatic heterocycles. The van der Waals surface area contributed by atoms with E-state index in [2.05, 4.69) is 10.1 Å². The normalized spacial score (nSPS) is 13.7. The first kappa shape index (κ1) is 28.8. The molecule has 0 bridgehead atoms. The molecule has 0 aliphatic carbocycles. The van der Waals surface area contributed by atoms with Gasteiger partial charge in [0.05, 0.1) is 43.9 Å². The zero-order valence-electron chi connectivity index (χ0n) is 21.9. The number of hydrogen-bond donors (Lipinski definition) is 2. The Kier molecular flexibility index (Phi) is 7.98. The maximum Gasteiger partial charge on any atom is 0.346 e. The molecule has 1 aliphatic rings. The molecule has 5 rings (SSSR count). The summed E-state index contributed by atoms with van der Waals surface area (Å²) in [6.45, 7) is 1.58. The van der Waals surface area contributed by atoms with Gasteiger partial charge in [0.1, 0.15) is 6.10 Å². The average molecular weight is 606 g/mol. The van der Waals surface area contributed by atoms with Crippen LogP contribution in [0.5, 0.6) is 0 Å². The largest absolute Gasteiger partial charge is 0.478 e. The summed E-state index contributed by atoms with van der Waals surface area (Å²) in [5.74, 6) is -4.98. The first-order chi connectivity index (χ1) is 20.0. The van der Waals surface area contributed by atoms with Crippen molar-refractivity contribution in [3.05, 3.63) is 116 Å². The number of benzene rings is 4. The van der Waals surface area contributed by atoms with Crippen LogP contribution in [0.3, 0.4) is 0 Å². The zero-order chi connectivity index (χ0) is 30.1. The number of rotatable bonds is 8. The number of halogens is 2. The van der Waals surface area contributed by atoms with Crippen molar-refractivity contribution < 1.29 is 38.6 Å². The van der Waals surface area contributed by atoms with E-state index >= 15 is 0 Å². The van der Waals surface area contributed by atoms with E-state index in [9.17, 15) is 29.1 Å². The summed E-state index contributed by atoms with van der Waals surface area (Å²) in [6.07, 6.45) is -0.825. The minimum absolute atomic E-state index is 0.120. The summed E-state index contributed by atoms with van der Waals surface area (Å²) < 4.78 is 10.4. The van der Waals surface area contributed by atoms with E-state index in [1.807, 2.05) is 24.3 Å². The maximum atomic E-state index is 13.3. The standard InChI is InChI=1S/C31H21Cl2NO8/c1-15(34-27(35)20-13-22-23(14-21(20)28(36)37)31(40)42-30(22)39)26(11-16-6-9-24(32)25(33)10-16)41-29(38)19-8-7-17-4-2-3-5-18(17)12-19/h2-10,12-15,26H,11H2,1H3,(H,34,35)(H,36,37)/t15-,26+/m0/s1. The highest BCUT2D eigenvalue weighted by atomic mass is 35.5. The SMILES string of the molecule is C[C@H](NC(=O)c1cc2c(cc1C(=O)O)C(=O)OC2=O)[C@@H](Cc1ccc(Cl)c(Cl)c1)OC(=O)c1ccc2ccccc2c1. The number of cyclic esters (lactones) is 2. The van der Waals surface area contributed by atoms with Crippen LogP contribution < -0.4 is 5.32 Å². The Morgan fingerprint density at radius 3 is 2.19 bits per heavy atom. The second-order valence-electron chi connectivity index (χ2n) is 9.65. The van der Waals surface area contributed by atoms with Crippen molar-refractivity contribution in [3.63, 3.8) is 0 Å². The van der Waals surface area contributed by atoms with E-state index in [0.29, 0.717) is 16.1 Å². The fraction of sp³-hybridized carbons (Fsp3) is 0.129. The number of carboxylic acid groups (broad SMARTS) is 1. The molecule has 1 aliphatic heterocycles. The summed E-state index contributed by atoms with van der Waals surface area (Å²) in [5, 5.41) is 14.8. The topological polar surface area (TPSA) is 136 Å². The molecule has 4 aromatic rings. The summed E-state index contributed by atoms with van der Waals surface area (Å²) >= 11 is 12.2. The van der Waals surface area contributed by atoms with Gasteiger partial charge in [0.15, 0.2) is 0 Å². The number of fused-ring (bicyclic) bond motifs is 2. The van der Waals surface area contributed by atoms with Gasteiger partial charge in [0, 0.05) is 6.42 Å². The molecule has 0 radical (unpaired) electrons. The number of carbonyl (C=O) groups is 5. The van der Waals surface area contributed by atoms with Crippen molar-refractivity contribution in [2.45, 2.75) is 25.5 Å². The molecule has 1 amide bonds. The molecular weight excluding hydrogens is 585 g/mol. The zero-order valence-corrected chi connectivity index (χ0v) is 23.4. The lowest BCUT2D eigenvalue weighted by Crippen LogP contribution is -2.44. The Bertz CT molecular complexity index is 1800. The Balaban J connectivity index is 1.44. The fourth-order valence-corrected chi connectivity index (χ4v) is 4.94. The summed E-state index contributed by atoms with van der Waals surface area (Å²) in [6, 6.07) is 18.6. The second kappa shape index (κ2) is 11.6. The lowest BCUT2D eigenvalue weighted by molar-refractivity contribution is 0.0215. The third-order valence-electron chi connectivity index (χ3n) is 6.84. The van der Waals surface area contributed by atoms with Gasteiger partial charge in [0.25, 0.3) is 5.91 Å². The van der Waals surface area contributed by atoms with Gasteiger partial charge >= 0.3 is 23.9 Å². The third-order valence-corrected chi connectivity index (χ3v) is 7.58. The molecular formula is C31H21Cl2NO8. The van der Waals surface area contributed by atoms with E-state index in [-0.39, 0.29) is 28.1 Å². The number of carbonyl (C=O) groups excluding carboxylic acids is 4. The van der Waals surface area contributed by atoms with Gasteiger partial charge in [-0.2, -0.15) is 0 Å². The number of hydrogen-bond acceptors (Lipinski definition) is 7. The van der Waals surface area contributed by atoms with Crippen LogP contribution in [-0.2, 0) is 15.9 Å². The molecule has 0 saturated carbocycles. The molecule has 212 valence electrons. The number of ether oxygens (including phenoxy) is 2. The van der Waals surface area contributed by atoms with Crippen molar-refractivity contribution in [2.24, 2.45) is 0 Å². The van der Waals surface area contributed by atoms with Crippen molar-refractivity contribution in [2.75, 3.05) is 0 Å². The Hall–Kier alpha value is -4.73. The van der Waals surface area contributed by atoms with E-state index in [0.717, 1.165) is 22.9 Å². The van der Waals surface area contributed by atoms with Crippen LogP contribution in [-0.4, -0.2) is 47.0 Å². The van der Waals surface area contributed by atoms with Gasteiger partial charge in [-0.15, -0.1) is 0 Å². The molecule has 0 saturated heterocycles. The van der Waals surface area contributed by atoms with Gasteiger partial charge in [0.2, 0.25) is 0 Å². The van der Waals surface area contributed by atoms with Crippen LogP contribution in [0.4, 0.5) is 0 Å². The van der Waals surface area contributed by atoms with Crippen LogP contribution in [0.15, 0.2) is 72.8 Å². The van der Waals surface area contributed by atoms with Crippen molar-refractivity contribution in [1.82, 2.24) is 5.32 Å². The third kappa shape index (κ3) is 5.83. The molecule has 9 nitrogen and oxygen atoms in total. The van der Waals surface area contributed by atoms with E-state index < -0.39 is 47.5 Å². The molecule has 0 spiro atoms. The van der Waals surface area contributed by atoms with Gasteiger partial charge in [-0.3, -0.25) is 4.79 Å². The summed E-state index contributed by atoms with van der Waals surface area (Å²) in [7, 11) is 0. The summed E-state index contributed by atoms with van der Waals surface area (Å²) in [5.41, 5.74) is -0.386. The van der Waals surface area contributed by atoms with Gasteiger partial charge in [-0.25, -0.2) is 19.2 Å². The number of amides is 1. The van der Waals surface area contributed by atoms with Crippen LogP contribution in [0.1, 0.15) is 64.3 Å². The van der Waals surface area contributed by atoms with Crippen molar-refractivity contribution >= 4 is 63.8 Å². The fourth-order valence-electron chi connectivity index (χ4n) is 4.62. The van der Waals surface area contributed by atoms with Crippen LogP contribution in [0.2, 0.25) is 10.0 Å². The molecule has 42 heavy (non-hydrogen) atoms. The first-order valence-corrected chi connectivity index (χ1v) is 13.4. The van der Waals surface area contributed by atoms with Gasteiger partial charge in [-0.05, 0) is 59.7 Å². The first-order valence-electron chi connectivity index (χ1n) is 12.6. The Morgan fingerprint density at radius 2 is 1.52 bits per heavy atom. The highest BCUT2D eigenvalue weighted by Gasteiger charge is 2.34. The minimum Gasteiger partial charge on any atom is -0.478 e. The predicted octanol–water partition coefficient (Wildman–Crippen LogP) is 5.74. The quantitative estimate of drug-likeness (QED) is 0.191.